The molecule has 16 heavy (non-hydrogen) atoms. The number of thioether (sulfide) groups is 1. The van der Waals surface area contributed by atoms with E-state index in [0.29, 0.717) is 11.3 Å². The number of hydrogen-bond donors (Lipinski definition) is 1. The molecule has 1 nitrogen and oxygen atoms in total. The van der Waals surface area contributed by atoms with Crippen molar-refractivity contribution in [3.05, 3.63) is 21.9 Å². The maximum absolute atomic E-state index is 3.65. The molecular formula is C13H23NS2. The van der Waals surface area contributed by atoms with Gasteiger partial charge in [0.1, 0.15) is 0 Å². The second-order valence-corrected chi connectivity index (χ2v) is 7.05. The number of aryl methyl sites for hydroxylation is 1. The molecule has 0 radical (unpaired) electrons. The van der Waals surface area contributed by atoms with Crippen molar-refractivity contribution in [2.24, 2.45) is 0 Å². The highest BCUT2D eigenvalue weighted by molar-refractivity contribution is 7.99. The van der Waals surface area contributed by atoms with Crippen LogP contribution in [0.2, 0.25) is 0 Å². The molecule has 1 heterocycles. The molecule has 0 saturated carbocycles. The largest absolute Gasteiger partial charge is 0.309 e. The summed E-state index contributed by atoms with van der Waals surface area (Å²) in [4.78, 5) is 1.46. The second-order valence-electron chi connectivity index (χ2n) is 4.32. The molecule has 3 heteroatoms. The summed E-state index contributed by atoms with van der Waals surface area (Å²) in [5.74, 6) is 1.18. The van der Waals surface area contributed by atoms with Crippen LogP contribution in [0.25, 0.3) is 0 Å². The number of rotatable bonds is 7. The summed E-state index contributed by atoms with van der Waals surface area (Å²) in [5, 5.41) is 6.57. The van der Waals surface area contributed by atoms with Crippen LogP contribution in [0.15, 0.2) is 11.4 Å². The van der Waals surface area contributed by atoms with E-state index >= 15 is 0 Å². The molecule has 0 aromatic carbocycles. The molecule has 0 aliphatic carbocycles. The third kappa shape index (κ3) is 4.48. The third-order valence-electron chi connectivity index (χ3n) is 2.51. The number of hydrogen-bond acceptors (Lipinski definition) is 3. The molecule has 0 fully saturated rings. The normalized spacial score (nSPS) is 13.3. The van der Waals surface area contributed by atoms with Crippen LogP contribution in [-0.4, -0.2) is 17.5 Å². The number of thiophene rings is 1. The standard InChI is InChI=1S/C13H23NS2/c1-5-7-14-13(9-16-10(2)3)12-6-8-15-11(12)4/h6,8,10,13-14H,5,7,9H2,1-4H3. The van der Waals surface area contributed by atoms with Gasteiger partial charge in [0, 0.05) is 16.7 Å². The van der Waals surface area contributed by atoms with Crippen LogP contribution in [0.4, 0.5) is 0 Å². The highest BCUT2D eigenvalue weighted by Crippen LogP contribution is 2.26. The van der Waals surface area contributed by atoms with E-state index in [-0.39, 0.29) is 0 Å². The fraction of sp³-hybridized carbons (Fsp3) is 0.692. The van der Waals surface area contributed by atoms with Gasteiger partial charge in [0.25, 0.3) is 0 Å². The van der Waals surface area contributed by atoms with Gasteiger partial charge in [-0.2, -0.15) is 11.8 Å². The minimum absolute atomic E-state index is 0.526. The summed E-state index contributed by atoms with van der Waals surface area (Å²) >= 11 is 3.89. The van der Waals surface area contributed by atoms with Crippen molar-refractivity contribution in [3.63, 3.8) is 0 Å². The van der Waals surface area contributed by atoms with Crippen LogP contribution in [0.1, 0.15) is 43.7 Å². The lowest BCUT2D eigenvalue weighted by Gasteiger charge is -2.19. The first-order chi connectivity index (χ1) is 7.65. The average Bonchev–Trinajstić information content (AvgIpc) is 2.65. The Hall–Kier alpha value is 0.01000. The van der Waals surface area contributed by atoms with Crippen molar-refractivity contribution >= 4 is 23.1 Å². The summed E-state index contributed by atoms with van der Waals surface area (Å²) in [6, 6.07) is 2.80. The van der Waals surface area contributed by atoms with Gasteiger partial charge in [-0.15, -0.1) is 11.3 Å². The molecule has 1 rings (SSSR count). The highest BCUT2D eigenvalue weighted by atomic mass is 32.2. The summed E-state index contributed by atoms with van der Waals surface area (Å²) in [7, 11) is 0. The average molecular weight is 257 g/mol. The van der Waals surface area contributed by atoms with E-state index in [4.69, 9.17) is 0 Å². The van der Waals surface area contributed by atoms with E-state index in [1.165, 1.54) is 22.6 Å². The molecule has 0 spiro atoms. The lowest BCUT2D eigenvalue weighted by atomic mass is 10.1. The first kappa shape index (κ1) is 14.1. The van der Waals surface area contributed by atoms with Gasteiger partial charge in [-0.1, -0.05) is 20.8 Å². The van der Waals surface area contributed by atoms with Gasteiger partial charge in [-0.25, -0.2) is 0 Å². The Morgan fingerprint density at radius 2 is 2.19 bits per heavy atom. The minimum Gasteiger partial charge on any atom is -0.309 e. The van der Waals surface area contributed by atoms with Crippen molar-refractivity contribution in [3.8, 4) is 0 Å². The van der Waals surface area contributed by atoms with E-state index < -0.39 is 0 Å². The van der Waals surface area contributed by atoms with E-state index in [0.717, 1.165) is 6.54 Å². The smallest absolute Gasteiger partial charge is 0.0422 e. The van der Waals surface area contributed by atoms with E-state index in [2.05, 4.69) is 44.5 Å². The van der Waals surface area contributed by atoms with Gasteiger partial charge >= 0.3 is 0 Å². The fourth-order valence-electron chi connectivity index (χ4n) is 1.62. The predicted octanol–water partition coefficient (Wildman–Crippen LogP) is 4.24. The lowest BCUT2D eigenvalue weighted by Crippen LogP contribution is -2.24. The molecule has 0 bridgehead atoms. The van der Waals surface area contributed by atoms with Gasteiger partial charge in [-0.3, -0.25) is 0 Å². The van der Waals surface area contributed by atoms with Crippen molar-refractivity contribution in [1.82, 2.24) is 5.32 Å². The quantitative estimate of drug-likeness (QED) is 0.784. The Bertz CT molecular complexity index is 294. The molecule has 1 aromatic rings. The zero-order valence-corrected chi connectivity index (χ0v) is 12.4. The van der Waals surface area contributed by atoms with Crippen molar-refractivity contribution in [1.29, 1.82) is 0 Å². The van der Waals surface area contributed by atoms with E-state index in [9.17, 15) is 0 Å². The Kier molecular flexibility index (Phi) is 6.47. The topological polar surface area (TPSA) is 12.0 Å². The number of nitrogens with one attached hydrogen (secondary N) is 1. The molecule has 0 amide bonds. The molecule has 0 saturated heterocycles. The van der Waals surface area contributed by atoms with Gasteiger partial charge in [-0.05, 0) is 42.1 Å². The van der Waals surface area contributed by atoms with Crippen LogP contribution in [0.3, 0.4) is 0 Å². The molecular weight excluding hydrogens is 234 g/mol. The Balaban J connectivity index is 2.60. The van der Waals surface area contributed by atoms with Crippen LogP contribution < -0.4 is 5.32 Å². The Morgan fingerprint density at radius 1 is 1.44 bits per heavy atom. The maximum Gasteiger partial charge on any atom is 0.0422 e. The molecule has 1 atom stereocenters. The van der Waals surface area contributed by atoms with Gasteiger partial charge in [0.2, 0.25) is 0 Å². The van der Waals surface area contributed by atoms with Crippen molar-refractivity contribution < 1.29 is 0 Å². The Morgan fingerprint density at radius 3 is 2.69 bits per heavy atom. The maximum atomic E-state index is 3.65. The van der Waals surface area contributed by atoms with Crippen molar-refractivity contribution in [2.45, 2.75) is 45.4 Å². The molecule has 0 aliphatic heterocycles. The molecule has 1 aromatic heterocycles. The fourth-order valence-corrected chi connectivity index (χ4v) is 3.26. The molecule has 92 valence electrons. The van der Waals surface area contributed by atoms with E-state index in [1.807, 2.05) is 23.1 Å². The van der Waals surface area contributed by atoms with Crippen LogP contribution >= 0.6 is 23.1 Å². The highest BCUT2D eigenvalue weighted by Gasteiger charge is 2.14. The first-order valence-corrected chi connectivity index (χ1v) is 7.97. The van der Waals surface area contributed by atoms with Crippen LogP contribution in [-0.2, 0) is 0 Å². The third-order valence-corrected chi connectivity index (χ3v) is 4.57. The summed E-state index contributed by atoms with van der Waals surface area (Å²) < 4.78 is 0. The van der Waals surface area contributed by atoms with Gasteiger partial charge < -0.3 is 5.32 Å². The van der Waals surface area contributed by atoms with Crippen molar-refractivity contribution in [2.75, 3.05) is 12.3 Å². The predicted molar refractivity (Wildman–Crippen MR) is 77.7 cm³/mol. The first-order valence-electron chi connectivity index (χ1n) is 6.04. The molecule has 0 aliphatic rings. The second kappa shape index (κ2) is 7.36. The van der Waals surface area contributed by atoms with Gasteiger partial charge in [0.05, 0.1) is 0 Å². The lowest BCUT2D eigenvalue weighted by molar-refractivity contribution is 0.576. The summed E-state index contributed by atoms with van der Waals surface area (Å²) in [6.45, 7) is 10.1. The van der Waals surface area contributed by atoms with E-state index in [1.54, 1.807) is 0 Å². The van der Waals surface area contributed by atoms with Crippen LogP contribution in [0, 0.1) is 6.92 Å². The minimum atomic E-state index is 0.526. The zero-order chi connectivity index (χ0) is 12.0. The Labute approximate surface area is 108 Å². The SMILES string of the molecule is CCCNC(CSC(C)C)c1ccsc1C. The summed E-state index contributed by atoms with van der Waals surface area (Å²) in [5.41, 5.74) is 1.49. The summed E-state index contributed by atoms with van der Waals surface area (Å²) in [6.07, 6.45) is 1.20. The molecule has 1 unspecified atom stereocenters. The molecule has 1 N–H and O–H groups in total. The zero-order valence-electron chi connectivity index (χ0n) is 10.7. The monoisotopic (exact) mass is 257 g/mol. The van der Waals surface area contributed by atoms with Crippen LogP contribution in [0.5, 0.6) is 0 Å². The van der Waals surface area contributed by atoms with Gasteiger partial charge in [0.15, 0.2) is 0 Å².